The summed E-state index contributed by atoms with van der Waals surface area (Å²) in [5, 5.41) is 13.8. The summed E-state index contributed by atoms with van der Waals surface area (Å²) in [6.07, 6.45) is 0.601. The van der Waals surface area contributed by atoms with E-state index in [0.29, 0.717) is 18.9 Å². The maximum atomic E-state index is 12.8. The maximum Gasteiger partial charge on any atom is 0.123 e. The molecule has 0 heterocycles. The molecular formula is C14H22FNO. The van der Waals surface area contributed by atoms with Crippen molar-refractivity contribution >= 4 is 0 Å². The predicted molar refractivity (Wildman–Crippen MR) is 68.3 cm³/mol. The Morgan fingerprint density at radius 3 is 2.35 bits per heavy atom. The fourth-order valence-corrected chi connectivity index (χ4v) is 1.76. The smallest absolute Gasteiger partial charge is 0.123 e. The zero-order chi connectivity index (χ0) is 12.9. The number of rotatable bonds is 6. The molecule has 2 nitrogen and oxygen atoms in total. The molecule has 3 heteroatoms. The van der Waals surface area contributed by atoms with E-state index in [1.54, 1.807) is 12.1 Å². The van der Waals surface area contributed by atoms with Gasteiger partial charge in [-0.3, -0.25) is 0 Å². The molecule has 0 spiro atoms. The SMILES string of the molecule is CCC(O)(CNCC(C)C)c1ccc(F)cc1. The van der Waals surface area contributed by atoms with Crippen LogP contribution in [0.25, 0.3) is 0 Å². The van der Waals surface area contributed by atoms with Crippen molar-refractivity contribution in [2.75, 3.05) is 13.1 Å². The molecule has 1 rings (SSSR count). The average Bonchev–Trinajstić information content (AvgIpc) is 2.29. The molecule has 1 aromatic rings. The lowest BCUT2D eigenvalue weighted by molar-refractivity contribution is 0.0321. The lowest BCUT2D eigenvalue weighted by atomic mass is 9.91. The van der Waals surface area contributed by atoms with E-state index in [-0.39, 0.29) is 5.82 Å². The summed E-state index contributed by atoms with van der Waals surface area (Å²) < 4.78 is 12.8. The Morgan fingerprint density at radius 1 is 1.29 bits per heavy atom. The van der Waals surface area contributed by atoms with Gasteiger partial charge in [-0.05, 0) is 36.6 Å². The zero-order valence-electron chi connectivity index (χ0n) is 10.8. The van der Waals surface area contributed by atoms with Gasteiger partial charge in [-0.15, -0.1) is 0 Å². The third kappa shape index (κ3) is 4.10. The molecule has 0 radical (unpaired) electrons. The van der Waals surface area contributed by atoms with E-state index in [9.17, 15) is 9.50 Å². The fraction of sp³-hybridized carbons (Fsp3) is 0.571. The van der Waals surface area contributed by atoms with Gasteiger partial charge in [0.15, 0.2) is 0 Å². The minimum atomic E-state index is -0.914. The molecule has 1 unspecified atom stereocenters. The van der Waals surface area contributed by atoms with Gasteiger partial charge in [-0.25, -0.2) is 4.39 Å². The molecule has 1 atom stereocenters. The topological polar surface area (TPSA) is 32.3 Å². The van der Waals surface area contributed by atoms with Crippen LogP contribution < -0.4 is 5.32 Å². The quantitative estimate of drug-likeness (QED) is 0.800. The van der Waals surface area contributed by atoms with Crippen molar-refractivity contribution in [2.45, 2.75) is 32.8 Å². The van der Waals surface area contributed by atoms with E-state index in [0.717, 1.165) is 12.1 Å². The number of nitrogens with one attached hydrogen (secondary N) is 1. The van der Waals surface area contributed by atoms with Gasteiger partial charge in [0.1, 0.15) is 11.4 Å². The summed E-state index contributed by atoms with van der Waals surface area (Å²) in [7, 11) is 0. The van der Waals surface area contributed by atoms with Gasteiger partial charge in [-0.1, -0.05) is 32.9 Å². The van der Waals surface area contributed by atoms with Gasteiger partial charge in [0.2, 0.25) is 0 Å². The maximum absolute atomic E-state index is 12.8. The number of hydrogen-bond acceptors (Lipinski definition) is 2. The van der Waals surface area contributed by atoms with Crippen molar-refractivity contribution < 1.29 is 9.50 Å². The highest BCUT2D eigenvalue weighted by Crippen LogP contribution is 2.24. The number of halogens is 1. The van der Waals surface area contributed by atoms with E-state index in [1.165, 1.54) is 12.1 Å². The first-order chi connectivity index (χ1) is 7.98. The molecule has 2 N–H and O–H groups in total. The summed E-state index contributed by atoms with van der Waals surface area (Å²) in [5.74, 6) is 0.270. The molecule has 96 valence electrons. The lowest BCUT2D eigenvalue weighted by Crippen LogP contribution is -2.39. The van der Waals surface area contributed by atoms with Crippen LogP contribution in [0, 0.1) is 11.7 Å². The molecule has 0 saturated carbocycles. The van der Waals surface area contributed by atoms with Gasteiger partial charge in [0.25, 0.3) is 0 Å². The van der Waals surface area contributed by atoms with Crippen molar-refractivity contribution in [1.82, 2.24) is 5.32 Å². The highest BCUT2D eigenvalue weighted by Gasteiger charge is 2.26. The highest BCUT2D eigenvalue weighted by atomic mass is 19.1. The summed E-state index contributed by atoms with van der Waals surface area (Å²) in [4.78, 5) is 0. The van der Waals surface area contributed by atoms with Crippen LogP contribution in [-0.2, 0) is 5.60 Å². The molecule has 0 aliphatic heterocycles. The largest absolute Gasteiger partial charge is 0.384 e. The molecule has 0 aliphatic carbocycles. The Labute approximate surface area is 103 Å². The first-order valence-corrected chi connectivity index (χ1v) is 6.17. The molecule has 0 fully saturated rings. The molecule has 0 aliphatic rings. The Bertz CT molecular complexity index is 337. The Hall–Kier alpha value is -0.930. The van der Waals surface area contributed by atoms with Crippen LogP contribution in [0.1, 0.15) is 32.8 Å². The van der Waals surface area contributed by atoms with Crippen molar-refractivity contribution in [3.63, 3.8) is 0 Å². The third-order valence-corrected chi connectivity index (χ3v) is 2.94. The summed E-state index contributed by atoms with van der Waals surface area (Å²) in [6.45, 7) is 7.53. The molecule has 0 amide bonds. The monoisotopic (exact) mass is 239 g/mol. The van der Waals surface area contributed by atoms with Gasteiger partial charge in [-0.2, -0.15) is 0 Å². The summed E-state index contributed by atoms with van der Waals surface area (Å²) >= 11 is 0. The third-order valence-electron chi connectivity index (χ3n) is 2.94. The van der Waals surface area contributed by atoms with Crippen LogP contribution in [0.2, 0.25) is 0 Å². The van der Waals surface area contributed by atoms with Gasteiger partial charge < -0.3 is 10.4 Å². The predicted octanol–water partition coefficient (Wildman–Crippen LogP) is 2.67. The van der Waals surface area contributed by atoms with Gasteiger partial charge >= 0.3 is 0 Å². The molecule has 0 aromatic heterocycles. The molecule has 0 bridgehead atoms. The summed E-state index contributed by atoms with van der Waals surface area (Å²) in [5.41, 5.74) is -0.152. The van der Waals surface area contributed by atoms with Crippen molar-refractivity contribution in [3.8, 4) is 0 Å². The second-order valence-corrected chi connectivity index (χ2v) is 4.92. The zero-order valence-corrected chi connectivity index (χ0v) is 10.8. The lowest BCUT2D eigenvalue weighted by Gasteiger charge is -2.28. The minimum absolute atomic E-state index is 0.276. The second-order valence-electron chi connectivity index (χ2n) is 4.92. The average molecular weight is 239 g/mol. The number of hydrogen-bond donors (Lipinski definition) is 2. The number of aliphatic hydroxyl groups is 1. The molecular weight excluding hydrogens is 217 g/mol. The molecule has 17 heavy (non-hydrogen) atoms. The van der Waals surface area contributed by atoms with Gasteiger partial charge in [0.05, 0.1) is 0 Å². The second kappa shape index (κ2) is 6.12. The Morgan fingerprint density at radius 2 is 1.88 bits per heavy atom. The van der Waals surface area contributed by atoms with Crippen LogP contribution >= 0.6 is 0 Å². The Kier molecular flexibility index (Phi) is 5.09. The minimum Gasteiger partial charge on any atom is -0.384 e. The van der Waals surface area contributed by atoms with Crippen molar-refractivity contribution in [1.29, 1.82) is 0 Å². The summed E-state index contributed by atoms with van der Waals surface area (Å²) in [6, 6.07) is 6.07. The van der Waals surface area contributed by atoms with Crippen molar-refractivity contribution in [2.24, 2.45) is 5.92 Å². The van der Waals surface area contributed by atoms with E-state index < -0.39 is 5.60 Å². The first kappa shape index (κ1) is 14.1. The molecule has 0 saturated heterocycles. The van der Waals surface area contributed by atoms with Crippen molar-refractivity contribution in [3.05, 3.63) is 35.6 Å². The van der Waals surface area contributed by atoms with E-state index in [1.807, 2.05) is 6.92 Å². The van der Waals surface area contributed by atoms with Crippen LogP contribution in [0.5, 0.6) is 0 Å². The molecule has 1 aromatic carbocycles. The van der Waals surface area contributed by atoms with E-state index in [2.05, 4.69) is 19.2 Å². The fourth-order valence-electron chi connectivity index (χ4n) is 1.76. The normalized spacial score (nSPS) is 14.9. The van der Waals surface area contributed by atoms with Crippen LogP contribution in [0.4, 0.5) is 4.39 Å². The highest BCUT2D eigenvalue weighted by molar-refractivity contribution is 5.23. The standard InChI is InChI=1S/C14H22FNO/c1-4-14(17,10-16-9-11(2)3)12-5-7-13(15)8-6-12/h5-8,11,16-17H,4,9-10H2,1-3H3. The van der Waals surface area contributed by atoms with Crippen LogP contribution in [0.15, 0.2) is 24.3 Å². The first-order valence-electron chi connectivity index (χ1n) is 6.17. The van der Waals surface area contributed by atoms with Crippen LogP contribution in [0.3, 0.4) is 0 Å². The van der Waals surface area contributed by atoms with Gasteiger partial charge in [0, 0.05) is 6.54 Å². The van der Waals surface area contributed by atoms with E-state index >= 15 is 0 Å². The Balaban J connectivity index is 2.70. The number of benzene rings is 1. The van der Waals surface area contributed by atoms with Crippen LogP contribution in [-0.4, -0.2) is 18.2 Å². The van der Waals surface area contributed by atoms with E-state index in [4.69, 9.17) is 0 Å².